The molecule has 0 saturated heterocycles. The van der Waals surface area contributed by atoms with Gasteiger partial charge in [0.25, 0.3) is 11.5 Å². The summed E-state index contributed by atoms with van der Waals surface area (Å²) in [4.78, 5) is 41.4. The van der Waals surface area contributed by atoms with Gasteiger partial charge in [-0.25, -0.2) is 10.2 Å². The second kappa shape index (κ2) is 10.7. The number of rotatable bonds is 8. The van der Waals surface area contributed by atoms with Crippen molar-refractivity contribution >= 4 is 35.0 Å². The lowest BCUT2D eigenvalue weighted by molar-refractivity contribution is -0.118. The first-order valence-electron chi connectivity index (χ1n) is 11.5. The van der Waals surface area contributed by atoms with E-state index in [1.54, 1.807) is 36.0 Å². The van der Waals surface area contributed by atoms with Crippen molar-refractivity contribution in [3.05, 3.63) is 81.0 Å². The van der Waals surface area contributed by atoms with Crippen molar-refractivity contribution in [1.29, 1.82) is 0 Å². The van der Waals surface area contributed by atoms with Crippen molar-refractivity contribution in [1.82, 2.24) is 44.3 Å². The summed E-state index contributed by atoms with van der Waals surface area (Å²) >= 11 is 1.18. The van der Waals surface area contributed by atoms with Gasteiger partial charge in [-0.05, 0) is 40.3 Å². The fourth-order valence-electron chi connectivity index (χ4n) is 3.69. The fourth-order valence-corrected chi connectivity index (χ4v) is 4.38. The number of amides is 1. The Kier molecular flexibility index (Phi) is 7.05. The predicted octanol–water partition coefficient (Wildman–Crippen LogP) is 0.981. The van der Waals surface area contributed by atoms with E-state index < -0.39 is 11.2 Å². The second-order valence-electron chi connectivity index (χ2n) is 8.30. The molecule has 5 rings (SSSR count). The van der Waals surface area contributed by atoms with Crippen molar-refractivity contribution in [3.8, 4) is 17.4 Å². The van der Waals surface area contributed by atoms with Gasteiger partial charge in [0.05, 0.1) is 17.7 Å². The van der Waals surface area contributed by atoms with E-state index in [0.717, 1.165) is 10.3 Å². The van der Waals surface area contributed by atoms with E-state index in [1.165, 1.54) is 41.2 Å². The minimum atomic E-state index is -0.481. The van der Waals surface area contributed by atoms with Gasteiger partial charge in [-0.2, -0.15) is 14.8 Å². The molecular formula is C24H22N10O4S. The number of nitrogens with zero attached hydrogens (tertiary/aromatic N) is 9. The SMILES string of the molecule is Cn1c(=O)c2c(nc(Oc3cccc(/C=N\NC(=O)CSc4nnnn4-c4ccccc4)c3)n2C)n(C)c1=O. The van der Waals surface area contributed by atoms with E-state index in [-0.39, 0.29) is 28.8 Å². The molecule has 3 aromatic heterocycles. The minimum absolute atomic E-state index is 0.0579. The molecule has 198 valence electrons. The number of tetrazole rings is 1. The Labute approximate surface area is 224 Å². The lowest BCUT2D eigenvalue weighted by Crippen LogP contribution is -2.37. The molecule has 2 aromatic carbocycles. The number of carbonyl (C=O) groups excluding carboxylic acids is 1. The van der Waals surface area contributed by atoms with E-state index in [2.05, 4.69) is 31.0 Å². The van der Waals surface area contributed by atoms with Gasteiger partial charge in [-0.3, -0.25) is 23.3 Å². The van der Waals surface area contributed by atoms with Crippen LogP contribution in [-0.2, 0) is 25.9 Å². The van der Waals surface area contributed by atoms with Crippen LogP contribution in [0, 0.1) is 0 Å². The molecule has 0 spiro atoms. The Bertz CT molecular complexity index is 1820. The molecule has 15 heteroatoms. The summed E-state index contributed by atoms with van der Waals surface area (Å²) in [5, 5.41) is 16.1. The Morgan fingerprint density at radius 1 is 1.05 bits per heavy atom. The van der Waals surface area contributed by atoms with Crippen LogP contribution in [0.5, 0.6) is 11.8 Å². The molecule has 0 radical (unpaired) electrons. The summed E-state index contributed by atoms with van der Waals surface area (Å²) in [6.45, 7) is 0. The number of thioether (sulfide) groups is 1. The van der Waals surface area contributed by atoms with Crippen molar-refractivity contribution in [2.45, 2.75) is 5.16 Å². The summed E-state index contributed by atoms with van der Waals surface area (Å²) in [5.41, 5.74) is 3.42. The average Bonchev–Trinajstić information content (AvgIpc) is 3.55. The van der Waals surface area contributed by atoms with Gasteiger partial charge in [0, 0.05) is 21.1 Å². The van der Waals surface area contributed by atoms with Gasteiger partial charge in [-0.1, -0.05) is 42.1 Å². The number of nitrogens with one attached hydrogen (secondary N) is 1. The van der Waals surface area contributed by atoms with Crippen LogP contribution in [0.1, 0.15) is 5.56 Å². The molecule has 1 amide bonds. The standard InChI is InChI=1S/C24H22N10O4S/c1-31-19-20(32(2)24(37)33(3)21(19)36)26-22(31)38-17-11-7-8-15(12-17)13-25-27-18(35)14-39-23-28-29-30-34(23)16-9-5-4-6-10-16/h4-13H,14H2,1-3H3,(H,27,35)/b25-13-. The number of imidazole rings is 1. The Balaban J connectivity index is 1.23. The maximum absolute atomic E-state index is 12.6. The predicted molar refractivity (Wildman–Crippen MR) is 143 cm³/mol. The maximum atomic E-state index is 12.6. The van der Waals surface area contributed by atoms with Crippen molar-refractivity contribution in [2.24, 2.45) is 26.2 Å². The van der Waals surface area contributed by atoms with Gasteiger partial charge in [0.15, 0.2) is 11.2 Å². The first-order chi connectivity index (χ1) is 18.8. The lowest BCUT2D eigenvalue weighted by Gasteiger charge is -2.06. The van der Waals surface area contributed by atoms with Crippen LogP contribution in [0.15, 0.2) is 74.4 Å². The van der Waals surface area contributed by atoms with Crippen molar-refractivity contribution < 1.29 is 9.53 Å². The van der Waals surface area contributed by atoms with Gasteiger partial charge < -0.3 is 4.74 Å². The largest absolute Gasteiger partial charge is 0.425 e. The molecule has 0 bridgehead atoms. The fraction of sp³-hybridized carbons (Fsp3) is 0.167. The van der Waals surface area contributed by atoms with Gasteiger partial charge in [0.1, 0.15) is 5.75 Å². The van der Waals surface area contributed by atoms with Gasteiger partial charge >= 0.3 is 11.7 Å². The van der Waals surface area contributed by atoms with Crippen LogP contribution in [0.4, 0.5) is 0 Å². The molecule has 0 unspecified atom stereocenters. The molecule has 0 aliphatic carbocycles. The molecule has 0 fully saturated rings. The average molecular weight is 547 g/mol. The molecule has 0 atom stereocenters. The first-order valence-corrected chi connectivity index (χ1v) is 12.5. The summed E-state index contributed by atoms with van der Waals surface area (Å²) in [5.74, 6) is 0.148. The number of ether oxygens (including phenoxy) is 1. The number of carbonyl (C=O) groups is 1. The number of aryl methyl sites for hydroxylation is 2. The first kappa shape index (κ1) is 25.6. The van der Waals surface area contributed by atoms with E-state index in [1.807, 2.05) is 30.3 Å². The minimum Gasteiger partial charge on any atom is -0.425 e. The quantitative estimate of drug-likeness (QED) is 0.170. The molecule has 0 aliphatic heterocycles. The zero-order chi connectivity index (χ0) is 27.5. The molecule has 0 saturated carbocycles. The van der Waals surface area contributed by atoms with Crippen molar-refractivity contribution in [2.75, 3.05) is 5.75 Å². The number of hydrogen-bond acceptors (Lipinski definition) is 10. The smallest absolute Gasteiger partial charge is 0.332 e. The van der Waals surface area contributed by atoms with Crippen LogP contribution >= 0.6 is 11.8 Å². The Hall–Kier alpha value is -5.05. The number of hydrazone groups is 1. The highest BCUT2D eigenvalue weighted by Crippen LogP contribution is 2.23. The zero-order valence-corrected chi connectivity index (χ0v) is 21.9. The molecule has 5 aromatic rings. The molecule has 1 N–H and O–H groups in total. The number of fused-ring (bicyclic) bond motifs is 1. The topological polar surface area (TPSA) is 156 Å². The van der Waals surface area contributed by atoms with E-state index in [9.17, 15) is 14.4 Å². The third kappa shape index (κ3) is 5.19. The number of aromatic nitrogens is 8. The molecule has 39 heavy (non-hydrogen) atoms. The molecule has 14 nitrogen and oxygen atoms in total. The Morgan fingerprint density at radius 3 is 2.64 bits per heavy atom. The number of hydrogen-bond donors (Lipinski definition) is 1. The second-order valence-corrected chi connectivity index (χ2v) is 9.24. The summed E-state index contributed by atoms with van der Waals surface area (Å²) in [6.07, 6.45) is 1.47. The Morgan fingerprint density at radius 2 is 1.85 bits per heavy atom. The van der Waals surface area contributed by atoms with E-state index >= 15 is 0 Å². The highest BCUT2D eigenvalue weighted by Gasteiger charge is 2.18. The zero-order valence-electron chi connectivity index (χ0n) is 21.0. The van der Waals surface area contributed by atoms with Gasteiger partial charge in [0.2, 0.25) is 5.16 Å². The van der Waals surface area contributed by atoms with Crippen LogP contribution in [0.3, 0.4) is 0 Å². The molecule has 0 aliphatic rings. The number of benzene rings is 2. The van der Waals surface area contributed by atoms with Crippen LogP contribution < -0.4 is 21.4 Å². The van der Waals surface area contributed by atoms with Crippen LogP contribution in [-0.4, -0.2) is 56.8 Å². The third-order valence-corrected chi connectivity index (χ3v) is 6.60. The molecule has 3 heterocycles. The summed E-state index contributed by atoms with van der Waals surface area (Å²) < 4.78 is 11.2. The monoisotopic (exact) mass is 546 g/mol. The van der Waals surface area contributed by atoms with Gasteiger partial charge in [-0.15, -0.1) is 5.10 Å². The highest BCUT2D eigenvalue weighted by atomic mass is 32.2. The maximum Gasteiger partial charge on any atom is 0.332 e. The van der Waals surface area contributed by atoms with E-state index in [0.29, 0.717) is 16.5 Å². The van der Waals surface area contributed by atoms with Crippen LogP contribution in [0.25, 0.3) is 16.9 Å². The lowest BCUT2D eigenvalue weighted by atomic mass is 10.2. The van der Waals surface area contributed by atoms with E-state index in [4.69, 9.17) is 4.74 Å². The highest BCUT2D eigenvalue weighted by molar-refractivity contribution is 7.99. The third-order valence-electron chi connectivity index (χ3n) is 5.68. The normalized spacial score (nSPS) is 11.4. The van der Waals surface area contributed by atoms with Crippen LogP contribution in [0.2, 0.25) is 0 Å². The summed E-state index contributed by atoms with van der Waals surface area (Å²) in [7, 11) is 4.58. The summed E-state index contributed by atoms with van der Waals surface area (Å²) in [6, 6.07) is 16.4. The number of para-hydroxylation sites is 1. The van der Waals surface area contributed by atoms with Crippen molar-refractivity contribution in [3.63, 3.8) is 0 Å². The molecular weight excluding hydrogens is 524 g/mol.